The first kappa shape index (κ1) is 88.6. The van der Waals surface area contributed by atoms with Gasteiger partial charge >= 0.3 is 0 Å². The third kappa shape index (κ3) is 15.7. The minimum absolute atomic E-state index is 0.0841. The summed E-state index contributed by atoms with van der Waals surface area (Å²) in [5.41, 5.74) is 33.8. The van der Waals surface area contributed by atoms with Gasteiger partial charge in [0.15, 0.2) is 69.0 Å². The molecule has 0 radical (unpaired) electrons. The highest BCUT2D eigenvalue weighted by Crippen LogP contribution is 2.60. The van der Waals surface area contributed by atoms with Crippen molar-refractivity contribution in [3.8, 4) is 148 Å². The normalized spacial score (nSPS) is 18.4. The zero-order valence-electron chi connectivity index (χ0n) is 76.1. The van der Waals surface area contributed by atoms with Gasteiger partial charge in [0.05, 0.1) is 62.5 Å². The van der Waals surface area contributed by atoms with Crippen molar-refractivity contribution in [3.63, 3.8) is 0 Å². The standard InChI is InChI=1S/C22H27NO3.C21H25NO3.C20H22BrNO4.C20H22FNO3.C20H23NO3/c1-12(2)26-19-11-14-6-7-23(4)17-9-15-10-18(24)13(3)8-16(15)21(20(14)17)22(19)25-5;1-5-25-18-11-13-6-7-22(3)16-9-14-10-17(23)12(2)8-15(14)20(19(13)16)21(18)24-4;1-22-5-4-11-8-17(26-10-21)20(25-3)19-13-9-16(24-2)15(23)7-12(13)6-14(22)18(11)19;1-11-6-14-13(8-16(11)23)7-15-18-12(4-5-22(15)2)9-17(25-10-21)20(24-3)19(14)18;1-11-7-14-13(9-16(11)22)8-15-18-12(5-6-21(15)2)10-17(23-3)20(24-4)19(14)18/h8,10-12,17,24H,6-7,9H2,1-5H3;8,10-11,16,23H,5-7,9H2,1-4H3;7-9,14,23H,4-6,10H2,1-3H3;6,8-9,15,23H,4-5,7,10H2,1-3H3;7,9-10,15,22H,5-6,8H2,1-4H3. The van der Waals surface area contributed by atoms with Gasteiger partial charge in [0, 0.05) is 90.8 Å². The van der Waals surface area contributed by atoms with Crippen LogP contribution in [0.4, 0.5) is 4.39 Å². The number of halogens is 2. The number of hydrogen-bond acceptors (Lipinski definition) is 21. The van der Waals surface area contributed by atoms with Crippen LogP contribution in [0.5, 0.6) is 92.0 Å². The second kappa shape index (κ2) is 36.2. The Bertz CT molecular complexity index is 5760. The van der Waals surface area contributed by atoms with E-state index in [4.69, 9.17) is 52.1 Å². The van der Waals surface area contributed by atoms with E-state index in [1.165, 1.54) is 72.3 Å². The number of aromatic hydroxyl groups is 5. The summed E-state index contributed by atoms with van der Waals surface area (Å²) in [4.78, 5) is 11.9. The molecule has 5 aliphatic heterocycles. The lowest BCUT2D eigenvalue weighted by atomic mass is 9.76. The summed E-state index contributed by atoms with van der Waals surface area (Å²) >= 11 is 3.35. The molecule has 0 fully saturated rings. The molecule has 0 spiro atoms. The van der Waals surface area contributed by atoms with Crippen molar-refractivity contribution < 1.29 is 82.0 Å². The molecule has 0 bridgehead atoms. The molecule has 5 heterocycles. The Kier molecular flexibility index (Phi) is 25.4. The van der Waals surface area contributed by atoms with E-state index in [1.807, 2.05) is 97.0 Å². The molecule has 21 nitrogen and oxygen atoms in total. The van der Waals surface area contributed by atoms with Crippen LogP contribution in [-0.4, -0.2) is 193 Å². The van der Waals surface area contributed by atoms with Crippen LogP contribution in [0.2, 0.25) is 0 Å². The van der Waals surface area contributed by atoms with E-state index in [1.54, 1.807) is 49.8 Å². The molecule has 10 aromatic carbocycles. The summed E-state index contributed by atoms with van der Waals surface area (Å²) in [7, 11) is 22.5. The number of phenols is 5. The van der Waals surface area contributed by atoms with Crippen LogP contribution in [0, 0.1) is 27.7 Å². The predicted octanol–water partition coefficient (Wildman–Crippen LogP) is 19.2. The summed E-state index contributed by atoms with van der Waals surface area (Å²) in [5.74, 6) is 9.34. The molecular weight excluding hydrogens is 1660 g/mol. The minimum Gasteiger partial charge on any atom is -0.508 e. The van der Waals surface area contributed by atoms with Gasteiger partial charge in [-0.05, 0) is 388 Å². The largest absolute Gasteiger partial charge is 0.508 e. The number of aryl methyl sites for hydroxylation is 4. The van der Waals surface area contributed by atoms with Crippen molar-refractivity contribution in [2.75, 3.05) is 137 Å². The molecule has 0 amide bonds. The van der Waals surface area contributed by atoms with Gasteiger partial charge in [0.25, 0.3) is 0 Å². The monoisotopic (exact) mass is 1780 g/mol. The van der Waals surface area contributed by atoms with Crippen LogP contribution in [-0.2, 0) is 64.2 Å². The molecule has 5 aliphatic carbocycles. The third-order valence-electron chi connectivity index (χ3n) is 27.7. The highest BCUT2D eigenvalue weighted by atomic mass is 79.9. The third-order valence-corrected chi connectivity index (χ3v) is 27.9. The Balaban J connectivity index is 0.000000116. The van der Waals surface area contributed by atoms with E-state index in [0.29, 0.717) is 70.5 Å². The molecule has 5 atom stereocenters. The number of hydrogen-bond donors (Lipinski definition) is 5. The Morgan fingerprint density at radius 2 is 0.579 bits per heavy atom. The number of likely N-dealkylation sites (N-methyl/N-ethyl adjacent to an activating group) is 5. The SMILES string of the molecule is CCOc1cc2c3c(c1OC)-c1cc(C)c(O)cc1CC3N(C)CC2.COc1c(OC(C)C)cc2c3c1-c1cc(C)c(O)cc1CC3N(C)CC2.COc1c(OCF)cc2c3c1-c1cc(C)c(O)cc1CC3N(C)CC2.COc1cc2c(cc1O)CC1c3c(cc(OCBr)c(OC)c3-2)CCN1C.COc1cc2c3c(c1OC)-c1cc(C)c(O)cc1CC3N(C)CC2. The molecule has 666 valence electrons. The summed E-state index contributed by atoms with van der Waals surface area (Å²) < 4.78 is 75.9. The molecule has 10 aliphatic rings. The second-order valence-electron chi connectivity index (χ2n) is 35.2. The maximum absolute atomic E-state index is 12.9. The van der Waals surface area contributed by atoms with Crippen LogP contribution in [0.1, 0.15) is 157 Å². The number of phenolic OH excluding ortho intramolecular Hbond substituents is 5. The van der Waals surface area contributed by atoms with E-state index in [0.717, 1.165) is 232 Å². The fourth-order valence-electron chi connectivity index (χ4n) is 21.4. The van der Waals surface area contributed by atoms with E-state index in [9.17, 15) is 29.9 Å². The Hall–Kier alpha value is -10.8. The van der Waals surface area contributed by atoms with Crippen molar-refractivity contribution in [1.29, 1.82) is 0 Å². The van der Waals surface area contributed by atoms with Crippen molar-refractivity contribution in [1.82, 2.24) is 24.5 Å². The highest BCUT2D eigenvalue weighted by molar-refractivity contribution is 9.09. The minimum atomic E-state index is -0.890. The van der Waals surface area contributed by atoms with Crippen LogP contribution in [0.25, 0.3) is 55.6 Å². The lowest BCUT2D eigenvalue weighted by Gasteiger charge is -2.40. The van der Waals surface area contributed by atoms with Crippen molar-refractivity contribution >= 4 is 15.9 Å². The smallest absolute Gasteiger partial charge is 0.228 e. The summed E-state index contributed by atoms with van der Waals surface area (Å²) in [6.45, 7) is 18.5. The molecule has 0 aromatic heterocycles. The van der Waals surface area contributed by atoms with Crippen molar-refractivity contribution in [2.24, 2.45) is 0 Å². The average Bonchev–Trinajstić information content (AvgIpc) is 0.746. The fraction of sp³-hybridized carbons (Fsp3) is 0.417. The predicted molar refractivity (Wildman–Crippen MR) is 494 cm³/mol. The van der Waals surface area contributed by atoms with Gasteiger partial charge in [-0.1, -0.05) is 0 Å². The molecule has 126 heavy (non-hydrogen) atoms. The quantitative estimate of drug-likeness (QED) is 0.0603. The number of methoxy groups -OCH3 is 7. The van der Waals surface area contributed by atoms with Crippen molar-refractivity contribution in [2.45, 2.75) is 149 Å². The van der Waals surface area contributed by atoms with Gasteiger partial charge in [-0.2, -0.15) is 0 Å². The van der Waals surface area contributed by atoms with Gasteiger partial charge in [-0.15, -0.1) is 0 Å². The first-order valence-corrected chi connectivity index (χ1v) is 44.9. The zero-order chi connectivity index (χ0) is 89.4. The summed E-state index contributed by atoms with van der Waals surface area (Å²) in [5, 5.41) is 51.1. The number of benzene rings is 10. The van der Waals surface area contributed by atoms with Crippen LogP contribution >= 0.6 is 15.9 Å². The molecule has 20 rings (SSSR count). The molecule has 10 aromatic rings. The van der Waals surface area contributed by atoms with Gasteiger partial charge in [0.1, 0.15) is 28.5 Å². The number of rotatable bonds is 15. The number of alkyl halides is 2. The lowest BCUT2D eigenvalue weighted by Crippen LogP contribution is -2.35. The Labute approximate surface area is 748 Å². The molecule has 0 saturated heterocycles. The maximum Gasteiger partial charge on any atom is 0.228 e. The van der Waals surface area contributed by atoms with Crippen molar-refractivity contribution in [3.05, 3.63) is 197 Å². The number of nitrogens with zero attached hydrogens (tertiary/aromatic N) is 5. The van der Waals surface area contributed by atoms with E-state index in [-0.39, 0.29) is 23.9 Å². The zero-order valence-corrected chi connectivity index (χ0v) is 77.7. The maximum atomic E-state index is 12.9. The number of fused-ring (bicyclic) bond motifs is 10. The summed E-state index contributed by atoms with van der Waals surface area (Å²) in [6, 6.07) is 31.5. The topological polar surface area (TPSA) is 219 Å². The number of ether oxygens (including phenoxy) is 11. The summed E-state index contributed by atoms with van der Waals surface area (Å²) in [6.07, 6.45) is 9.43. The van der Waals surface area contributed by atoms with Gasteiger partial charge in [-0.25, -0.2) is 4.39 Å². The first-order valence-electron chi connectivity index (χ1n) is 43.8. The average molecular weight is 1780 g/mol. The highest BCUT2D eigenvalue weighted by Gasteiger charge is 2.44. The van der Waals surface area contributed by atoms with Crippen LogP contribution in [0.3, 0.4) is 0 Å². The lowest BCUT2D eigenvalue weighted by molar-refractivity contribution is 0.183. The second-order valence-corrected chi connectivity index (χ2v) is 35.7. The molecule has 5 N–H and O–H groups in total. The molecule has 0 saturated carbocycles. The van der Waals surface area contributed by atoms with Gasteiger partial charge in [0.2, 0.25) is 6.86 Å². The fourth-order valence-corrected chi connectivity index (χ4v) is 21.6. The van der Waals surface area contributed by atoms with Crippen LogP contribution < -0.4 is 52.1 Å². The van der Waals surface area contributed by atoms with E-state index < -0.39 is 6.86 Å². The van der Waals surface area contributed by atoms with E-state index in [2.05, 4.69) is 118 Å². The van der Waals surface area contributed by atoms with E-state index >= 15 is 0 Å². The van der Waals surface area contributed by atoms with Gasteiger partial charge in [-0.3, -0.25) is 24.5 Å². The Morgan fingerprint density at radius 3 is 0.849 bits per heavy atom. The molecule has 5 unspecified atom stereocenters. The van der Waals surface area contributed by atoms with Crippen LogP contribution in [0.15, 0.2) is 91.0 Å². The molecule has 23 heteroatoms. The first-order chi connectivity index (χ1) is 60.6. The Morgan fingerprint density at radius 1 is 0.325 bits per heavy atom. The molecular formula is C103H119BrFN5O16. The van der Waals surface area contributed by atoms with Gasteiger partial charge < -0.3 is 77.6 Å².